The van der Waals surface area contributed by atoms with Gasteiger partial charge in [-0.15, -0.1) is 0 Å². The van der Waals surface area contributed by atoms with Gasteiger partial charge in [0.05, 0.1) is 5.57 Å². The van der Waals surface area contributed by atoms with Gasteiger partial charge >= 0.3 is 5.97 Å². The van der Waals surface area contributed by atoms with Gasteiger partial charge in [0.15, 0.2) is 6.10 Å². The summed E-state index contributed by atoms with van der Waals surface area (Å²) >= 11 is 0. The first kappa shape index (κ1) is 18.2. The summed E-state index contributed by atoms with van der Waals surface area (Å²) < 4.78 is 10.9. The van der Waals surface area contributed by atoms with Gasteiger partial charge in [-0.3, -0.25) is 4.79 Å². The van der Waals surface area contributed by atoms with Crippen molar-refractivity contribution in [3.63, 3.8) is 0 Å². The van der Waals surface area contributed by atoms with Crippen molar-refractivity contribution in [2.45, 2.75) is 45.1 Å². The molecule has 0 aromatic heterocycles. The lowest BCUT2D eigenvalue weighted by Crippen LogP contribution is -2.37. The van der Waals surface area contributed by atoms with Crippen molar-refractivity contribution in [2.24, 2.45) is 0 Å². The number of rotatable bonds is 6. The molecule has 1 N–H and O–H groups in total. The van der Waals surface area contributed by atoms with Crippen molar-refractivity contribution in [3.05, 3.63) is 47.1 Å². The highest BCUT2D eigenvalue weighted by molar-refractivity contribution is 5.96. The first-order valence-corrected chi connectivity index (χ1v) is 9.22. The SMILES string of the molecule is C[C@@H](OC(=O)C1=Cc2ccccc2OC1)C(=O)NCCC1=CCCCC1. The van der Waals surface area contributed by atoms with E-state index in [-0.39, 0.29) is 12.5 Å². The molecule has 5 heteroatoms. The molecular weight excluding hydrogens is 330 g/mol. The molecular formula is C21H25NO4. The molecule has 1 aromatic rings. The van der Waals surface area contributed by atoms with Gasteiger partial charge in [0.25, 0.3) is 5.91 Å². The van der Waals surface area contributed by atoms with Crippen LogP contribution in [0.25, 0.3) is 6.08 Å². The standard InChI is InChI=1S/C21H25NO4/c1-15(20(23)22-12-11-16-7-3-2-4-8-16)26-21(24)18-13-17-9-5-6-10-19(17)25-14-18/h5-7,9-10,13,15H,2-4,8,11-12,14H2,1H3,(H,22,23)/t15-/m1/s1. The van der Waals surface area contributed by atoms with Gasteiger partial charge in [-0.1, -0.05) is 29.8 Å². The summed E-state index contributed by atoms with van der Waals surface area (Å²) in [6, 6.07) is 7.49. The Morgan fingerprint density at radius 2 is 2.12 bits per heavy atom. The Kier molecular flexibility index (Phi) is 6.10. The van der Waals surface area contributed by atoms with Gasteiger partial charge < -0.3 is 14.8 Å². The molecule has 26 heavy (non-hydrogen) atoms. The highest BCUT2D eigenvalue weighted by Gasteiger charge is 2.23. The predicted octanol–water partition coefficient (Wildman–Crippen LogP) is 3.40. The number of hydrogen-bond donors (Lipinski definition) is 1. The number of esters is 1. The Balaban J connectivity index is 1.47. The van der Waals surface area contributed by atoms with Crippen LogP contribution in [0.1, 0.15) is 44.6 Å². The second-order valence-electron chi connectivity index (χ2n) is 6.69. The Labute approximate surface area is 154 Å². The van der Waals surface area contributed by atoms with Gasteiger partial charge in [-0.25, -0.2) is 4.79 Å². The summed E-state index contributed by atoms with van der Waals surface area (Å²) in [5.41, 5.74) is 2.66. The zero-order valence-corrected chi connectivity index (χ0v) is 15.1. The van der Waals surface area contributed by atoms with Crippen LogP contribution in [0.4, 0.5) is 0 Å². The lowest BCUT2D eigenvalue weighted by atomic mass is 9.97. The van der Waals surface area contributed by atoms with E-state index in [1.54, 1.807) is 13.0 Å². The molecule has 0 saturated carbocycles. The van der Waals surface area contributed by atoms with E-state index < -0.39 is 12.1 Å². The first-order chi connectivity index (χ1) is 12.6. The van der Waals surface area contributed by atoms with Crippen LogP contribution in [0, 0.1) is 0 Å². The van der Waals surface area contributed by atoms with Crippen LogP contribution >= 0.6 is 0 Å². The minimum Gasteiger partial charge on any atom is -0.488 e. The molecule has 1 heterocycles. The number of fused-ring (bicyclic) bond motifs is 1. The molecule has 0 bridgehead atoms. The number of benzene rings is 1. The van der Waals surface area contributed by atoms with E-state index in [1.807, 2.05) is 24.3 Å². The van der Waals surface area contributed by atoms with Crippen molar-refractivity contribution in [1.29, 1.82) is 0 Å². The van der Waals surface area contributed by atoms with E-state index in [0.717, 1.165) is 30.6 Å². The number of amides is 1. The first-order valence-electron chi connectivity index (χ1n) is 9.22. The molecule has 2 aliphatic rings. The molecule has 0 saturated heterocycles. The average Bonchev–Trinajstić information content (AvgIpc) is 2.68. The third kappa shape index (κ3) is 4.75. The molecule has 1 atom stereocenters. The number of carbonyl (C=O) groups excluding carboxylic acids is 2. The third-order valence-corrected chi connectivity index (χ3v) is 4.68. The Hall–Kier alpha value is -2.56. The summed E-state index contributed by atoms with van der Waals surface area (Å²) in [4.78, 5) is 24.4. The van der Waals surface area contributed by atoms with E-state index in [4.69, 9.17) is 9.47 Å². The predicted molar refractivity (Wildman–Crippen MR) is 99.6 cm³/mol. The second kappa shape index (κ2) is 8.70. The van der Waals surface area contributed by atoms with Gasteiger partial charge in [0.2, 0.25) is 0 Å². The van der Waals surface area contributed by atoms with Crippen molar-refractivity contribution in [3.8, 4) is 5.75 Å². The molecule has 0 radical (unpaired) electrons. The number of ether oxygens (including phenoxy) is 2. The maximum atomic E-state index is 12.3. The molecule has 0 fully saturated rings. The van der Waals surface area contributed by atoms with E-state index in [9.17, 15) is 9.59 Å². The van der Waals surface area contributed by atoms with Gasteiger partial charge in [-0.05, 0) is 51.2 Å². The summed E-state index contributed by atoms with van der Waals surface area (Å²) in [6.07, 6.45) is 8.80. The molecule has 1 aliphatic carbocycles. The van der Waals surface area contributed by atoms with Crippen molar-refractivity contribution in [2.75, 3.05) is 13.2 Å². The number of hydrogen-bond acceptors (Lipinski definition) is 4. The number of para-hydroxylation sites is 1. The van der Waals surface area contributed by atoms with Crippen molar-refractivity contribution < 1.29 is 19.1 Å². The molecule has 1 aromatic carbocycles. The summed E-state index contributed by atoms with van der Waals surface area (Å²) in [6.45, 7) is 2.31. The summed E-state index contributed by atoms with van der Waals surface area (Å²) in [7, 11) is 0. The lowest BCUT2D eigenvalue weighted by molar-refractivity contribution is -0.151. The molecule has 0 spiro atoms. The monoisotopic (exact) mass is 355 g/mol. The maximum absolute atomic E-state index is 12.3. The molecule has 1 amide bonds. The van der Waals surface area contributed by atoms with Crippen LogP contribution in [-0.4, -0.2) is 31.1 Å². The van der Waals surface area contributed by atoms with Crippen LogP contribution in [0.2, 0.25) is 0 Å². The lowest BCUT2D eigenvalue weighted by Gasteiger charge is -2.19. The smallest absolute Gasteiger partial charge is 0.338 e. The third-order valence-electron chi connectivity index (χ3n) is 4.68. The summed E-state index contributed by atoms with van der Waals surface area (Å²) in [5.74, 6) is -0.0449. The quantitative estimate of drug-likeness (QED) is 0.627. The Morgan fingerprint density at radius 1 is 1.27 bits per heavy atom. The Bertz CT molecular complexity index is 735. The topological polar surface area (TPSA) is 64.6 Å². The fourth-order valence-corrected chi connectivity index (χ4v) is 3.15. The molecule has 0 unspecified atom stereocenters. The van der Waals surface area contributed by atoms with Gasteiger partial charge in [0, 0.05) is 12.1 Å². The van der Waals surface area contributed by atoms with E-state index in [0.29, 0.717) is 12.1 Å². The fraction of sp³-hybridized carbons (Fsp3) is 0.429. The zero-order chi connectivity index (χ0) is 18.4. The van der Waals surface area contributed by atoms with Crippen LogP contribution in [0.15, 0.2) is 41.5 Å². The molecule has 1 aliphatic heterocycles. The highest BCUT2D eigenvalue weighted by Crippen LogP contribution is 2.26. The Morgan fingerprint density at radius 3 is 2.92 bits per heavy atom. The van der Waals surface area contributed by atoms with E-state index >= 15 is 0 Å². The number of allylic oxidation sites excluding steroid dienone is 1. The summed E-state index contributed by atoms with van der Waals surface area (Å²) in [5, 5.41) is 2.85. The van der Waals surface area contributed by atoms with E-state index in [2.05, 4.69) is 11.4 Å². The van der Waals surface area contributed by atoms with E-state index in [1.165, 1.54) is 18.4 Å². The normalized spacial score (nSPS) is 17.1. The largest absolute Gasteiger partial charge is 0.488 e. The number of carbonyl (C=O) groups is 2. The molecule has 138 valence electrons. The van der Waals surface area contributed by atoms with Crippen molar-refractivity contribution in [1.82, 2.24) is 5.32 Å². The molecule has 5 nitrogen and oxygen atoms in total. The highest BCUT2D eigenvalue weighted by atomic mass is 16.6. The van der Waals surface area contributed by atoms with Crippen molar-refractivity contribution >= 4 is 18.0 Å². The second-order valence-corrected chi connectivity index (χ2v) is 6.69. The van der Waals surface area contributed by atoms with Crippen LogP contribution in [0.3, 0.4) is 0 Å². The average molecular weight is 355 g/mol. The van der Waals surface area contributed by atoms with Crippen LogP contribution in [-0.2, 0) is 14.3 Å². The molecule has 3 rings (SSSR count). The van der Waals surface area contributed by atoms with Gasteiger partial charge in [0.1, 0.15) is 12.4 Å². The zero-order valence-electron chi connectivity index (χ0n) is 15.1. The van der Waals surface area contributed by atoms with Crippen LogP contribution in [0.5, 0.6) is 5.75 Å². The minimum atomic E-state index is -0.832. The number of nitrogens with one attached hydrogen (secondary N) is 1. The minimum absolute atomic E-state index is 0.151. The maximum Gasteiger partial charge on any atom is 0.338 e. The fourth-order valence-electron chi connectivity index (χ4n) is 3.15. The van der Waals surface area contributed by atoms with Gasteiger partial charge in [-0.2, -0.15) is 0 Å². The van der Waals surface area contributed by atoms with Crippen LogP contribution < -0.4 is 10.1 Å².